The van der Waals surface area contributed by atoms with E-state index in [-0.39, 0.29) is 26.2 Å². The van der Waals surface area contributed by atoms with E-state index in [9.17, 15) is 13.6 Å². The van der Waals surface area contributed by atoms with E-state index in [1.807, 2.05) is 0 Å². The lowest BCUT2D eigenvalue weighted by Crippen LogP contribution is -2.37. The Morgan fingerprint density at radius 2 is 2.10 bits per heavy atom. The molecule has 0 aliphatic carbocycles. The summed E-state index contributed by atoms with van der Waals surface area (Å²) in [5.41, 5.74) is 0. The van der Waals surface area contributed by atoms with Gasteiger partial charge in [-0.3, -0.25) is 4.79 Å². The maximum atomic E-state index is 12.3. The molecule has 0 saturated carbocycles. The van der Waals surface area contributed by atoms with Gasteiger partial charge in [-0.2, -0.15) is 0 Å². The van der Waals surface area contributed by atoms with Gasteiger partial charge in [0.1, 0.15) is 5.75 Å². The van der Waals surface area contributed by atoms with Crippen LogP contribution < -0.4 is 4.74 Å². The minimum atomic E-state index is -2.63. The van der Waals surface area contributed by atoms with Gasteiger partial charge in [-0.25, -0.2) is 8.78 Å². The summed E-state index contributed by atoms with van der Waals surface area (Å²) in [7, 11) is 0. The van der Waals surface area contributed by atoms with Crippen molar-refractivity contribution in [1.29, 1.82) is 0 Å². The lowest BCUT2D eigenvalue weighted by molar-refractivity contribution is -0.134. The fraction of sp³-hybridized carbons (Fsp3) is 0.462. The number of hydrogen-bond acceptors (Lipinski definition) is 3. The number of rotatable bonds is 8. The second-order valence-corrected chi connectivity index (χ2v) is 4.39. The van der Waals surface area contributed by atoms with E-state index >= 15 is 0 Å². The van der Waals surface area contributed by atoms with Gasteiger partial charge in [-0.05, 0) is 12.1 Å². The van der Waals surface area contributed by atoms with Crippen LogP contribution in [0.15, 0.2) is 24.3 Å². The molecule has 0 bridgehead atoms. The number of amides is 1. The largest absolute Gasteiger partial charge is 0.491 e. The van der Waals surface area contributed by atoms with E-state index < -0.39 is 18.9 Å². The zero-order valence-corrected chi connectivity index (χ0v) is 11.5. The van der Waals surface area contributed by atoms with E-state index in [1.165, 1.54) is 0 Å². The van der Waals surface area contributed by atoms with Gasteiger partial charge in [-0.1, -0.05) is 23.7 Å². The number of hydrogen-bond donors (Lipinski definition) is 1. The number of para-hydroxylation sites is 1. The van der Waals surface area contributed by atoms with Crippen LogP contribution in [0.25, 0.3) is 0 Å². The highest BCUT2D eigenvalue weighted by atomic mass is 35.5. The predicted molar refractivity (Wildman–Crippen MR) is 71.2 cm³/mol. The Balaban J connectivity index is 2.43. The molecule has 4 nitrogen and oxygen atoms in total. The molecule has 1 rings (SSSR count). The molecule has 0 heterocycles. The summed E-state index contributed by atoms with van der Waals surface area (Å²) in [4.78, 5) is 12.6. The van der Waals surface area contributed by atoms with Crippen LogP contribution in [0.2, 0.25) is 5.02 Å². The number of halogens is 3. The Morgan fingerprint density at radius 3 is 2.70 bits per heavy atom. The van der Waals surface area contributed by atoms with Gasteiger partial charge in [0.25, 0.3) is 6.43 Å². The lowest BCUT2D eigenvalue weighted by atomic mass is 10.3. The molecule has 0 fully saturated rings. The molecule has 20 heavy (non-hydrogen) atoms. The third kappa shape index (κ3) is 5.71. The van der Waals surface area contributed by atoms with Crippen molar-refractivity contribution in [2.45, 2.75) is 12.8 Å². The fourth-order valence-corrected chi connectivity index (χ4v) is 1.76. The average molecular weight is 308 g/mol. The zero-order chi connectivity index (χ0) is 15.0. The van der Waals surface area contributed by atoms with Crippen LogP contribution in [0.4, 0.5) is 8.78 Å². The Labute approximate surface area is 120 Å². The first-order valence-electron chi connectivity index (χ1n) is 6.08. The third-order valence-electron chi connectivity index (χ3n) is 2.49. The van der Waals surface area contributed by atoms with Crippen molar-refractivity contribution in [3.63, 3.8) is 0 Å². The van der Waals surface area contributed by atoms with Crippen LogP contribution in [-0.4, -0.2) is 48.6 Å². The molecule has 0 aliphatic rings. The van der Waals surface area contributed by atoms with E-state index in [0.717, 1.165) is 4.90 Å². The lowest BCUT2D eigenvalue weighted by Gasteiger charge is -2.21. The Hall–Kier alpha value is -1.40. The standard InChI is InChI=1S/C13H16ClF2NO3/c14-10-3-1-2-4-11(10)20-8-5-13(19)17(6-7-18)9-12(15)16/h1-4,12,18H,5-9H2. The first-order valence-corrected chi connectivity index (χ1v) is 6.46. The molecule has 0 radical (unpaired) electrons. The minimum absolute atomic E-state index is 0.0354. The number of nitrogens with zero attached hydrogens (tertiary/aromatic N) is 1. The Bertz CT molecular complexity index is 432. The molecule has 7 heteroatoms. The maximum absolute atomic E-state index is 12.3. The van der Waals surface area contributed by atoms with E-state index in [4.69, 9.17) is 21.4 Å². The van der Waals surface area contributed by atoms with Crippen LogP contribution in [-0.2, 0) is 4.79 Å². The maximum Gasteiger partial charge on any atom is 0.255 e. The smallest absolute Gasteiger partial charge is 0.255 e. The molecule has 112 valence electrons. The van der Waals surface area contributed by atoms with Crippen LogP contribution in [0, 0.1) is 0 Å². The Morgan fingerprint density at radius 1 is 1.40 bits per heavy atom. The van der Waals surface area contributed by atoms with Crippen molar-refractivity contribution < 1.29 is 23.4 Å². The summed E-state index contributed by atoms with van der Waals surface area (Å²) in [5.74, 6) is -0.0593. The molecule has 1 aromatic carbocycles. The van der Waals surface area contributed by atoms with E-state index in [2.05, 4.69) is 0 Å². The molecular weight excluding hydrogens is 292 g/mol. The summed E-state index contributed by atoms with van der Waals surface area (Å²) >= 11 is 5.87. The van der Waals surface area contributed by atoms with Crippen LogP contribution in [0.1, 0.15) is 6.42 Å². The van der Waals surface area contributed by atoms with Crippen molar-refractivity contribution in [3.8, 4) is 5.75 Å². The monoisotopic (exact) mass is 307 g/mol. The van der Waals surface area contributed by atoms with Crippen molar-refractivity contribution >= 4 is 17.5 Å². The second-order valence-electron chi connectivity index (χ2n) is 3.98. The molecule has 1 N–H and O–H groups in total. The number of aliphatic hydroxyl groups excluding tert-OH is 1. The molecular formula is C13H16ClF2NO3. The molecule has 0 atom stereocenters. The average Bonchev–Trinajstić information content (AvgIpc) is 2.40. The number of alkyl halides is 2. The van der Waals surface area contributed by atoms with E-state index in [1.54, 1.807) is 24.3 Å². The summed E-state index contributed by atoms with van der Waals surface area (Å²) in [6, 6.07) is 6.77. The quantitative estimate of drug-likeness (QED) is 0.801. The molecule has 0 aliphatic heterocycles. The zero-order valence-electron chi connectivity index (χ0n) is 10.8. The van der Waals surface area contributed by atoms with Crippen molar-refractivity contribution in [2.75, 3.05) is 26.3 Å². The fourth-order valence-electron chi connectivity index (χ4n) is 1.57. The number of carbonyl (C=O) groups excluding carboxylic acids is 1. The molecule has 0 aromatic heterocycles. The molecule has 0 unspecified atom stereocenters. The summed E-state index contributed by atoms with van der Waals surface area (Å²) < 4.78 is 29.9. The summed E-state index contributed by atoms with van der Waals surface area (Å²) in [5, 5.41) is 9.17. The van der Waals surface area contributed by atoms with Crippen molar-refractivity contribution in [3.05, 3.63) is 29.3 Å². The molecule has 1 amide bonds. The first kappa shape index (κ1) is 16.7. The molecule has 0 spiro atoms. The predicted octanol–water partition coefficient (Wildman–Crippen LogP) is 2.19. The number of carbonyl (C=O) groups is 1. The van der Waals surface area contributed by atoms with Crippen LogP contribution in [0.3, 0.4) is 0 Å². The highest BCUT2D eigenvalue weighted by Crippen LogP contribution is 2.23. The van der Waals surface area contributed by atoms with Gasteiger partial charge in [-0.15, -0.1) is 0 Å². The topological polar surface area (TPSA) is 49.8 Å². The summed E-state index contributed by atoms with van der Waals surface area (Å²) in [6.45, 7) is -1.13. The van der Waals surface area contributed by atoms with Gasteiger partial charge in [0.15, 0.2) is 0 Å². The van der Waals surface area contributed by atoms with Crippen LogP contribution >= 0.6 is 11.6 Å². The van der Waals surface area contributed by atoms with Gasteiger partial charge in [0.05, 0.1) is 31.2 Å². The second kappa shape index (κ2) is 8.71. The highest BCUT2D eigenvalue weighted by Gasteiger charge is 2.17. The van der Waals surface area contributed by atoms with Gasteiger partial charge in [0, 0.05) is 6.54 Å². The first-order chi connectivity index (χ1) is 9.54. The van der Waals surface area contributed by atoms with Gasteiger partial charge >= 0.3 is 0 Å². The normalized spacial score (nSPS) is 10.7. The van der Waals surface area contributed by atoms with E-state index in [0.29, 0.717) is 10.8 Å². The van der Waals surface area contributed by atoms with Gasteiger partial charge in [0.2, 0.25) is 5.91 Å². The molecule has 1 aromatic rings. The number of ether oxygens (including phenoxy) is 1. The van der Waals surface area contributed by atoms with Crippen LogP contribution in [0.5, 0.6) is 5.75 Å². The van der Waals surface area contributed by atoms with Crippen molar-refractivity contribution in [2.24, 2.45) is 0 Å². The summed E-state index contributed by atoms with van der Waals surface area (Å²) in [6.07, 6.45) is -2.69. The molecule has 0 saturated heterocycles. The van der Waals surface area contributed by atoms with Crippen molar-refractivity contribution in [1.82, 2.24) is 4.90 Å². The highest BCUT2D eigenvalue weighted by molar-refractivity contribution is 6.32. The number of aliphatic hydroxyl groups is 1. The van der Waals surface area contributed by atoms with Gasteiger partial charge < -0.3 is 14.7 Å². The SMILES string of the molecule is O=C(CCOc1ccccc1Cl)N(CCO)CC(F)F. The number of benzene rings is 1. The Kier molecular flexibility index (Phi) is 7.25. The third-order valence-corrected chi connectivity index (χ3v) is 2.80. The minimum Gasteiger partial charge on any atom is -0.491 e.